The van der Waals surface area contributed by atoms with Gasteiger partial charge in [0.05, 0.1) is 0 Å². The lowest BCUT2D eigenvalue weighted by Crippen LogP contribution is -2.50. The fourth-order valence-corrected chi connectivity index (χ4v) is 2.97. The van der Waals surface area contributed by atoms with E-state index in [-0.39, 0.29) is 5.92 Å². The number of piperazine rings is 1. The van der Waals surface area contributed by atoms with Crippen molar-refractivity contribution in [1.29, 1.82) is 0 Å². The second kappa shape index (κ2) is 6.66. The number of likely N-dealkylation sites (tertiary alicyclic amines) is 1. The third-order valence-electron chi connectivity index (χ3n) is 4.00. The van der Waals surface area contributed by atoms with E-state index in [2.05, 4.69) is 22.0 Å². The fourth-order valence-electron chi connectivity index (χ4n) is 2.97. The highest BCUT2D eigenvalue weighted by molar-refractivity contribution is 4.83. The number of rotatable bonds is 4. The molecule has 0 aromatic rings. The van der Waals surface area contributed by atoms with Crippen LogP contribution in [0.2, 0.25) is 0 Å². The van der Waals surface area contributed by atoms with Crippen molar-refractivity contribution < 1.29 is 4.39 Å². The molecule has 2 saturated heterocycles. The summed E-state index contributed by atoms with van der Waals surface area (Å²) in [5, 5.41) is 3.34. The van der Waals surface area contributed by atoms with Crippen molar-refractivity contribution in [1.82, 2.24) is 15.1 Å². The highest BCUT2D eigenvalue weighted by Crippen LogP contribution is 2.22. The molecule has 2 aliphatic heterocycles. The maximum Gasteiger partial charge on any atom is 0.117 e. The molecule has 2 unspecified atom stereocenters. The summed E-state index contributed by atoms with van der Waals surface area (Å²) in [7, 11) is 0. The van der Waals surface area contributed by atoms with Crippen molar-refractivity contribution in [2.45, 2.75) is 25.9 Å². The molecule has 2 rings (SSSR count). The lowest BCUT2D eigenvalue weighted by molar-refractivity contribution is 0.0582. The van der Waals surface area contributed by atoms with E-state index in [4.69, 9.17) is 0 Å². The van der Waals surface area contributed by atoms with Crippen molar-refractivity contribution in [2.75, 3.05) is 52.4 Å². The van der Waals surface area contributed by atoms with Crippen molar-refractivity contribution in [3.63, 3.8) is 0 Å². The average Bonchev–Trinajstić information content (AvgIpc) is 2.34. The minimum absolute atomic E-state index is 0.265. The van der Waals surface area contributed by atoms with Crippen molar-refractivity contribution in [3.05, 3.63) is 0 Å². The highest BCUT2D eigenvalue weighted by Gasteiger charge is 2.30. The standard InChI is InChI=1S/C13H26FN3/c1-2-6-16-7-3-12(13(14)11-16)10-17-8-4-15-5-9-17/h12-13,15H,2-11H2,1H3. The van der Waals surface area contributed by atoms with Crippen LogP contribution < -0.4 is 5.32 Å². The van der Waals surface area contributed by atoms with E-state index in [0.717, 1.165) is 58.7 Å². The van der Waals surface area contributed by atoms with E-state index < -0.39 is 6.17 Å². The van der Waals surface area contributed by atoms with Gasteiger partial charge in [-0.05, 0) is 25.9 Å². The van der Waals surface area contributed by atoms with Crippen LogP contribution in [0.25, 0.3) is 0 Å². The summed E-state index contributed by atoms with van der Waals surface area (Å²) in [6, 6.07) is 0. The Kier molecular flexibility index (Phi) is 5.19. The van der Waals surface area contributed by atoms with Crippen molar-refractivity contribution >= 4 is 0 Å². The van der Waals surface area contributed by atoms with Crippen LogP contribution in [0.15, 0.2) is 0 Å². The van der Waals surface area contributed by atoms with Gasteiger partial charge >= 0.3 is 0 Å². The first-order valence-electron chi connectivity index (χ1n) is 7.09. The van der Waals surface area contributed by atoms with Crippen LogP contribution in [-0.2, 0) is 0 Å². The molecule has 0 bridgehead atoms. The first-order valence-corrected chi connectivity index (χ1v) is 7.09. The van der Waals surface area contributed by atoms with E-state index in [1.165, 1.54) is 0 Å². The lowest BCUT2D eigenvalue weighted by Gasteiger charge is -2.38. The van der Waals surface area contributed by atoms with E-state index in [1.807, 2.05) is 0 Å². The number of hydrogen-bond acceptors (Lipinski definition) is 3. The van der Waals surface area contributed by atoms with E-state index >= 15 is 0 Å². The molecule has 2 fully saturated rings. The number of alkyl halides is 1. The van der Waals surface area contributed by atoms with Crippen LogP contribution in [-0.4, -0.2) is 68.3 Å². The summed E-state index contributed by atoms with van der Waals surface area (Å²) in [6.45, 7) is 10.2. The highest BCUT2D eigenvalue weighted by atomic mass is 19.1. The number of hydrogen-bond donors (Lipinski definition) is 1. The Morgan fingerprint density at radius 1 is 1.18 bits per heavy atom. The van der Waals surface area contributed by atoms with Crippen LogP contribution in [0, 0.1) is 5.92 Å². The zero-order chi connectivity index (χ0) is 12.1. The molecular weight excluding hydrogens is 217 g/mol. The summed E-state index contributed by atoms with van der Waals surface area (Å²) in [4.78, 5) is 4.70. The molecule has 2 aliphatic rings. The van der Waals surface area contributed by atoms with Gasteiger partial charge in [-0.15, -0.1) is 0 Å². The van der Waals surface area contributed by atoms with Crippen LogP contribution >= 0.6 is 0 Å². The van der Waals surface area contributed by atoms with Crippen LogP contribution in [0.5, 0.6) is 0 Å². The lowest BCUT2D eigenvalue weighted by atomic mass is 9.94. The van der Waals surface area contributed by atoms with Gasteiger partial charge < -0.3 is 15.1 Å². The smallest absolute Gasteiger partial charge is 0.117 e. The molecule has 2 atom stereocenters. The van der Waals surface area contributed by atoms with Crippen molar-refractivity contribution in [2.24, 2.45) is 5.92 Å². The van der Waals surface area contributed by atoms with Gasteiger partial charge in [0, 0.05) is 45.2 Å². The summed E-state index contributed by atoms with van der Waals surface area (Å²) in [5.74, 6) is 0.265. The minimum atomic E-state index is -0.620. The zero-order valence-corrected chi connectivity index (χ0v) is 11.0. The normalized spacial score (nSPS) is 32.8. The van der Waals surface area contributed by atoms with E-state index in [9.17, 15) is 4.39 Å². The second-order valence-corrected chi connectivity index (χ2v) is 5.42. The monoisotopic (exact) mass is 243 g/mol. The second-order valence-electron chi connectivity index (χ2n) is 5.42. The zero-order valence-electron chi connectivity index (χ0n) is 11.0. The largest absolute Gasteiger partial charge is 0.314 e. The maximum absolute atomic E-state index is 14.1. The van der Waals surface area contributed by atoms with Gasteiger partial charge in [-0.1, -0.05) is 6.92 Å². The molecule has 0 amide bonds. The summed E-state index contributed by atoms with van der Waals surface area (Å²) >= 11 is 0. The molecule has 100 valence electrons. The van der Waals surface area contributed by atoms with E-state index in [1.54, 1.807) is 0 Å². The molecule has 1 N–H and O–H groups in total. The number of halogens is 1. The van der Waals surface area contributed by atoms with E-state index in [0.29, 0.717) is 6.54 Å². The SMILES string of the molecule is CCCN1CCC(CN2CCNCC2)C(F)C1. The quantitative estimate of drug-likeness (QED) is 0.793. The van der Waals surface area contributed by atoms with Gasteiger partial charge in [0.2, 0.25) is 0 Å². The average molecular weight is 243 g/mol. The Balaban J connectivity index is 1.74. The Hall–Kier alpha value is -0.190. The van der Waals surface area contributed by atoms with Gasteiger partial charge in [0.1, 0.15) is 6.17 Å². The molecule has 0 aromatic carbocycles. The molecule has 0 saturated carbocycles. The molecule has 0 radical (unpaired) electrons. The first-order chi connectivity index (χ1) is 8.29. The Bertz CT molecular complexity index is 219. The number of nitrogens with one attached hydrogen (secondary N) is 1. The van der Waals surface area contributed by atoms with Gasteiger partial charge in [0.25, 0.3) is 0 Å². The molecule has 17 heavy (non-hydrogen) atoms. The molecule has 0 aromatic heterocycles. The Morgan fingerprint density at radius 2 is 1.94 bits per heavy atom. The summed E-state index contributed by atoms with van der Waals surface area (Å²) in [5.41, 5.74) is 0. The topological polar surface area (TPSA) is 18.5 Å². The predicted molar refractivity (Wildman–Crippen MR) is 69.0 cm³/mol. The Labute approximate surface area is 104 Å². The molecule has 0 aliphatic carbocycles. The fraction of sp³-hybridized carbons (Fsp3) is 1.00. The first kappa shape index (κ1) is 13.2. The molecule has 4 heteroatoms. The molecular formula is C13H26FN3. The maximum atomic E-state index is 14.1. The Morgan fingerprint density at radius 3 is 2.59 bits per heavy atom. The van der Waals surface area contributed by atoms with Gasteiger partial charge in [-0.3, -0.25) is 0 Å². The minimum Gasteiger partial charge on any atom is -0.314 e. The van der Waals surface area contributed by atoms with Crippen LogP contribution in [0.1, 0.15) is 19.8 Å². The third-order valence-corrected chi connectivity index (χ3v) is 4.00. The van der Waals surface area contributed by atoms with Crippen molar-refractivity contribution in [3.8, 4) is 0 Å². The number of nitrogens with zero attached hydrogens (tertiary/aromatic N) is 2. The van der Waals surface area contributed by atoms with Gasteiger partial charge in [-0.2, -0.15) is 0 Å². The predicted octanol–water partition coefficient (Wildman–Crippen LogP) is 0.962. The third kappa shape index (κ3) is 3.90. The molecule has 2 heterocycles. The van der Waals surface area contributed by atoms with Crippen LogP contribution in [0.3, 0.4) is 0 Å². The molecule has 3 nitrogen and oxygen atoms in total. The van der Waals surface area contributed by atoms with Gasteiger partial charge in [0.15, 0.2) is 0 Å². The van der Waals surface area contributed by atoms with Gasteiger partial charge in [-0.25, -0.2) is 4.39 Å². The molecule has 0 spiro atoms. The summed E-state index contributed by atoms with van der Waals surface area (Å²) < 4.78 is 14.1. The number of piperidine rings is 1. The summed E-state index contributed by atoms with van der Waals surface area (Å²) in [6.07, 6.45) is 1.55. The van der Waals surface area contributed by atoms with Crippen LogP contribution in [0.4, 0.5) is 4.39 Å².